The monoisotopic (exact) mass is 280 g/mol. The van der Waals surface area contributed by atoms with Gasteiger partial charge < -0.3 is 20.1 Å². The van der Waals surface area contributed by atoms with Crippen molar-refractivity contribution in [3.63, 3.8) is 0 Å². The largest absolute Gasteiger partial charge is 0.394 e. The van der Waals surface area contributed by atoms with Crippen LogP contribution in [0.25, 0.3) is 0 Å². The Morgan fingerprint density at radius 3 is 2.80 bits per heavy atom. The van der Waals surface area contributed by atoms with Gasteiger partial charge in [-0.3, -0.25) is 0 Å². The van der Waals surface area contributed by atoms with E-state index in [2.05, 4.69) is 27.1 Å². The van der Waals surface area contributed by atoms with Crippen LogP contribution in [-0.4, -0.2) is 53.5 Å². The summed E-state index contributed by atoms with van der Waals surface area (Å²) < 4.78 is 5.62. The van der Waals surface area contributed by atoms with Gasteiger partial charge in [-0.1, -0.05) is 6.92 Å². The van der Waals surface area contributed by atoms with Crippen LogP contribution in [0.15, 0.2) is 12.4 Å². The number of anilines is 1. The summed E-state index contributed by atoms with van der Waals surface area (Å²) in [6.07, 6.45) is 4.76. The Hall–Kier alpha value is -1.24. The van der Waals surface area contributed by atoms with Gasteiger partial charge >= 0.3 is 0 Å². The van der Waals surface area contributed by atoms with E-state index in [9.17, 15) is 5.11 Å². The van der Waals surface area contributed by atoms with Crippen molar-refractivity contribution < 1.29 is 9.84 Å². The molecule has 2 rings (SSSR count). The van der Waals surface area contributed by atoms with E-state index in [0.717, 1.165) is 31.6 Å². The quantitative estimate of drug-likeness (QED) is 0.742. The van der Waals surface area contributed by atoms with E-state index < -0.39 is 0 Å². The van der Waals surface area contributed by atoms with E-state index in [-0.39, 0.29) is 18.8 Å². The summed E-state index contributed by atoms with van der Waals surface area (Å²) >= 11 is 0. The van der Waals surface area contributed by atoms with Crippen LogP contribution in [0, 0.1) is 0 Å². The average molecular weight is 280 g/mol. The molecule has 0 radical (unpaired) electrons. The first kappa shape index (κ1) is 15.2. The molecule has 0 saturated carbocycles. The molecule has 112 valence electrons. The number of aromatic nitrogens is 2. The molecule has 0 aromatic carbocycles. The Kier molecular flexibility index (Phi) is 5.70. The van der Waals surface area contributed by atoms with Crippen LogP contribution in [0.5, 0.6) is 0 Å². The molecule has 1 aromatic heterocycles. The summed E-state index contributed by atoms with van der Waals surface area (Å²) in [5.41, 5.74) is 1.09. The Balaban J connectivity index is 1.94. The average Bonchev–Trinajstić information content (AvgIpc) is 2.47. The van der Waals surface area contributed by atoms with Gasteiger partial charge in [0.15, 0.2) is 0 Å². The van der Waals surface area contributed by atoms with Gasteiger partial charge in [0, 0.05) is 37.6 Å². The topological polar surface area (TPSA) is 70.5 Å². The second kappa shape index (κ2) is 7.52. The highest BCUT2D eigenvalue weighted by Gasteiger charge is 2.26. The van der Waals surface area contributed by atoms with E-state index in [1.807, 2.05) is 19.3 Å². The van der Waals surface area contributed by atoms with Crippen molar-refractivity contribution in [1.29, 1.82) is 0 Å². The predicted octanol–water partition coefficient (Wildman–Crippen LogP) is 0.562. The minimum Gasteiger partial charge on any atom is -0.394 e. The molecule has 2 atom stereocenters. The number of hydrogen-bond donors (Lipinski definition) is 2. The van der Waals surface area contributed by atoms with E-state index in [0.29, 0.717) is 12.5 Å². The van der Waals surface area contributed by atoms with Crippen LogP contribution in [0.1, 0.15) is 25.8 Å². The molecule has 2 unspecified atom stereocenters. The van der Waals surface area contributed by atoms with Crippen LogP contribution in [-0.2, 0) is 11.3 Å². The minimum absolute atomic E-state index is 0.0276. The van der Waals surface area contributed by atoms with Crippen molar-refractivity contribution in [1.82, 2.24) is 15.3 Å². The van der Waals surface area contributed by atoms with Gasteiger partial charge in [0.2, 0.25) is 5.95 Å². The predicted molar refractivity (Wildman–Crippen MR) is 77.7 cm³/mol. The molecule has 1 aliphatic rings. The number of morpholine rings is 1. The molecule has 1 aliphatic heterocycles. The minimum atomic E-state index is -0.159. The normalized spacial score (nSPS) is 23.1. The summed E-state index contributed by atoms with van der Waals surface area (Å²) in [6.45, 7) is 7.35. The highest BCUT2D eigenvalue weighted by atomic mass is 16.5. The Morgan fingerprint density at radius 1 is 1.40 bits per heavy atom. The van der Waals surface area contributed by atoms with Crippen molar-refractivity contribution in [3.05, 3.63) is 18.0 Å². The smallest absolute Gasteiger partial charge is 0.225 e. The maximum absolute atomic E-state index is 9.24. The molecular weight excluding hydrogens is 256 g/mol. The zero-order valence-electron chi connectivity index (χ0n) is 12.2. The lowest BCUT2D eigenvalue weighted by atomic mass is 10.2. The van der Waals surface area contributed by atoms with Gasteiger partial charge in [0.25, 0.3) is 0 Å². The number of aliphatic hydroxyl groups excluding tert-OH is 1. The Morgan fingerprint density at radius 2 is 2.15 bits per heavy atom. The van der Waals surface area contributed by atoms with E-state index >= 15 is 0 Å². The van der Waals surface area contributed by atoms with Crippen molar-refractivity contribution in [2.45, 2.75) is 39.0 Å². The molecule has 1 aromatic rings. The van der Waals surface area contributed by atoms with Gasteiger partial charge in [-0.2, -0.15) is 0 Å². The van der Waals surface area contributed by atoms with Crippen molar-refractivity contribution >= 4 is 5.95 Å². The van der Waals surface area contributed by atoms with Gasteiger partial charge in [0.1, 0.15) is 0 Å². The third-order valence-corrected chi connectivity index (χ3v) is 3.26. The molecule has 6 heteroatoms. The van der Waals surface area contributed by atoms with Gasteiger partial charge in [-0.05, 0) is 19.9 Å². The van der Waals surface area contributed by atoms with E-state index in [1.165, 1.54) is 0 Å². The van der Waals surface area contributed by atoms with Crippen LogP contribution < -0.4 is 10.2 Å². The molecule has 20 heavy (non-hydrogen) atoms. The first-order chi connectivity index (χ1) is 9.72. The molecule has 2 heterocycles. The van der Waals surface area contributed by atoms with Crippen LogP contribution in [0.4, 0.5) is 5.95 Å². The third-order valence-electron chi connectivity index (χ3n) is 3.26. The maximum atomic E-state index is 9.24. The zero-order valence-corrected chi connectivity index (χ0v) is 12.2. The molecule has 0 aliphatic carbocycles. The van der Waals surface area contributed by atoms with Gasteiger partial charge in [-0.25, -0.2) is 9.97 Å². The fraction of sp³-hybridized carbons (Fsp3) is 0.714. The van der Waals surface area contributed by atoms with Crippen molar-refractivity contribution in [2.75, 3.05) is 31.1 Å². The SMILES string of the molecule is CCCNCc1cnc(N2CC(C)OC(CO)C2)nc1. The number of aliphatic hydroxyl groups is 1. The molecule has 1 fully saturated rings. The first-order valence-corrected chi connectivity index (χ1v) is 7.25. The number of nitrogens with one attached hydrogen (secondary N) is 1. The molecule has 6 nitrogen and oxygen atoms in total. The fourth-order valence-electron chi connectivity index (χ4n) is 2.32. The fourth-order valence-corrected chi connectivity index (χ4v) is 2.32. The third kappa shape index (κ3) is 4.13. The lowest BCUT2D eigenvalue weighted by molar-refractivity contribution is -0.0425. The van der Waals surface area contributed by atoms with E-state index in [4.69, 9.17) is 4.74 Å². The Labute approximate surface area is 120 Å². The summed E-state index contributed by atoms with van der Waals surface area (Å²) in [7, 11) is 0. The standard InChI is InChI=1S/C14H24N4O2/c1-3-4-15-5-12-6-16-14(17-7-12)18-8-11(2)20-13(9-18)10-19/h6-7,11,13,15,19H,3-5,8-10H2,1-2H3. The lowest BCUT2D eigenvalue weighted by Gasteiger charge is -2.36. The number of nitrogens with zero attached hydrogens (tertiary/aromatic N) is 3. The maximum Gasteiger partial charge on any atom is 0.225 e. The summed E-state index contributed by atoms with van der Waals surface area (Å²) in [6, 6.07) is 0. The number of hydrogen-bond acceptors (Lipinski definition) is 6. The van der Waals surface area contributed by atoms with Gasteiger partial charge in [0.05, 0.1) is 18.8 Å². The second-order valence-electron chi connectivity index (χ2n) is 5.22. The van der Waals surface area contributed by atoms with Crippen LogP contribution in [0.3, 0.4) is 0 Å². The van der Waals surface area contributed by atoms with Crippen LogP contribution in [0.2, 0.25) is 0 Å². The first-order valence-electron chi connectivity index (χ1n) is 7.25. The highest BCUT2D eigenvalue weighted by molar-refractivity contribution is 5.31. The second-order valence-corrected chi connectivity index (χ2v) is 5.22. The van der Waals surface area contributed by atoms with E-state index in [1.54, 1.807) is 0 Å². The number of ether oxygens (including phenoxy) is 1. The molecule has 0 bridgehead atoms. The highest BCUT2D eigenvalue weighted by Crippen LogP contribution is 2.16. The Bertz CT molecular complexity index is 399. The van der Waals surface area contributed by atoms with Gasteiger partial charge in [-0.15, -0.1) is 0 Å². The molecule has 0 amide bonds. The lowest BCUT2D eigenvalue weighted by Crippen LogP contribution is -2.48. The van der Waals surface area contributed by atoms with Crippen molar-refractivity contribution in [2.24, 2.45) is 0 Å². The number of rotatable bonds is 6. The molecule has 1 saturated heterocycles. The summed E-state index contributed by atoms with van der Waals surface area (Å²) in [4.78, 5) is 10.9. The molecular formula is C14H24N4O2. The molecule has 2 N–H and O–H groups in total. The summed E-state index contributed by atoms with van der Waals surface area (Å²) in [5.74, 6) is 0.706. The summed E-state index contributed by atoms with van der Waals surface area (Å²) in [5, 5.41) is 12.6. The zero-order chi connectivity index (χ0) is 14.4. The molecule has 0 spiro atoms. The van der Waals surface area contributed by atoms with Crippen molar-refractivity contribution in [3.8, 4) is 0 Å². The van der Waals surface area contributed by atoms with Crippen LogP contribution >= 0.6 is 0 Å².